The van der Waals surface area contributed by atoms with E-state index in [1.54, 1.807) is 22.8 Å². The van der Waals surface area contributed by atoms with Gasteiger partial charge < -0.3 is 9.32 Å². The van der Waals surface area contributed by atoms with Crippen LogP contribution in [0.5, 0.6) is 0 Å². The van der Waals surface area contributed by atoms with Crippen LogP contribution in [0.2, 0.25) is 0 Å². The van der Waals surface area contributed by atoms with Crippen LogP contribution >= 0.6 is 11.8 Å². The second kappa shape index (κ2) is 4.02. The molecule has 1 aromatic heterocycles. The predicted molar refractivity (Wildman–Crippen MR) is 54.5 cm³/mol. The highest BCUT2D eigenvalue weighted by atomic mass is 35.5. The molecule has 0 unspecified atom stereocenters. The summed E-state index contributed by atoms with van der Waals surface area (Å²) >= 11 is 5.82. The first kappa shape index (κ1) is 9.55. The van der Waals surface area contributed by atoms with Crippen molar-refractivity contribution in [3.63, 3.8) is 0 Å². The van der Waals surface area contributed by atoms with Gasteiger partial charge in [-0.05, 0) is 23.9 Å². The second-order valence-corrected chi connectivity index (χ2v) is 3.70. The molecule has 1 aromatic rings. The van der Waals surface area contributed by atoms with Crippen molar-refractivity contribution in [2.75, 3.05) is 26.2 Å². The maximum Gasteiger partial charge on any atom is 0.168 e. The molecule has 1 aliphatic rings. The van der Waals surface area contributed by atoms with Crippen molar-refractivity contribution < 1.29 is 4.42 Å². The first-order valence-electron chi connectivity index (χ1n) is 4.55. The molecule has 14 heavy (non-hydrogen) atoms. The molecule has 0 atom stereocenters. The fourth-order valence-electron chi connectivity index (χ4n) is 1.47. The van der Waals surface area contributed by atoms with E-state index in [0.29, 0.717) is 11.6 Å². The quantitative estimate of drug-likeness (QED) is 0.436. The van der Waals surface area contributed by atoms with Gasteiger partial charge in [0, 0.05) is 26.2 Å². The summed E-state index contributed by atoms with van der Waals surface area (Å²) in [7, 11) is 0. The third-order valence-corrected chi connectivity index (χ3v) is 2.63. The number of amidine groups is 1. The zero-order valence-electron chi connectivity index (χ0n) is 7.74. The van der Waals surface area contributed by atoms with Crippen LogP contribution in [-0.4, -0.2) is 41.3 Å². The van der Waals surface area contributed by atoms with Crippen LogP contribution < -0.4 is 0 Å². The average molecular weight is 214 g/mol. The second-order valence-electron chi connectivity index (χ2n) is 3.22. The minimum absolute atomic E-state index is 0.444. The Bertz CT molecular complexity index is 304. The Morgan fingerprint density at radius 3 is 2.64 bits per heavy atom. The molecule has 0 saturated carbocycles. The van der Waals surface area contributed by atoms with Crippen LogP contribution in [-0.2, 0) is 0 Å². The van der Waals surface area contributed by atoms with Crippen molar-refractivity contribution in [3.05, 3.63) is 24.2 Å². The molecule has 0 bridgehead atoms. The Labute approximate surface area is 87.7 Å². The molecule has 5 heteroatoms. The molecule has 76 valence electrons. The number of hydrogen-bond acceptors (Lipinski definition) is 3. The summed E-state index contributed by atoms with van der Waals surface area (Å²) in [5.41, 5.74) is 0. The number of rotatable bonds is 1. The lowest BCUT2D eigenvalue weighted by atomic mass is 10.3. The van der Waals surface area contributed by atoms with E-state index in [1.165, 1.54) is 0 Å². The van der Waals surface area contributed by atoms with Crippen LogP contribution in [0.15, 0.2) is 22.8 Å². The Hall–Kier alpha value is -1.00. The van der Waals surface area contributed by atoms with E-state index < -0.39 is 0 Å². The highest BCUT2D eigenvalue weighted by Crippen LogP contribution is 2.09. The Kier molecular flexibility index (Phi) is 2.74. The molecule has 0 aromatic carbocycles. The monoisotopic (exact) mass is 213 g/mol. The van der Waals surface area contributed by atoms with E-state index in [0.717, 1.165) is 26.2 Å². The van der Waals surface area contributed by atoms with Gasteiger partial charge >= 0.3 is 0 Å². The van der Waals surface area contributed by atoms with E-state index in [2.05, 4.69) is 0 Å². The summed E-state index contributed by atoms with van der Waals surface area (Å²) < 4.78 is 6.90. The van der Waals surface area contributed by atoms with Gasteiger partial charge in [-0.2, -0.15) is 0 Å². The smallest absolute Gasteiger partial charge is 0.168 e. The van der Waals surface area contributed by atoms with Gasteiger partial charge in [0.25, 0.3) is 0 Å². The summed E-state index contributed by atoms with van der Waals surface area (Å²) in [6.07, 6.45) is 1.58. The van der Waals surface area contributed by atoms with Crippen LogP contribution in [0.25, 0.3) is 0 Å². The number of nitrogens with one attached hydrogen (secondary N) is 1. The molecule has 0 radical (unpaired) electrons. The van der Waals surface area contributed by atoms with E-state index in [4.69, 9.17) is 21.6 Å². The van der Waals surface area contributed by atoms with Crippen LogP contribution in [0.4, 0.5) is 0 Å². The van der Waals surface area contributed by atoms with Crippen molar-refractivity contribution in [3.8, 4) is 0 Å². The molecule has 1 fully saturated rings. The molecule has 1 saturated heterocycles. The number of furan rings is 1. The summed E-state index contributed by atoms with van der Waals surface area (Å²) in [5.74, 6) is 1.06. The fourth-order valence-corrected chi connectivity index (χ4v) is 1.63. The summed E-state index contributed by atoms with van der Waals surface area (Å²) in [6.45, 7) is 3.13. The number of hydrogen-bond donors (Lipinski definition) is 1. The Morgan fingerprint density at radius 1 is 1.36 bits per heavy atom. The standard InChI is InChI=1S/C9H12ClN3O/c10-13-5-3-12(4-6-13)9(11)8-2-1-7-14-8/h1-2,7,11H,3-6H2. The predicted octanol–water partition coefficient (Wildman–Crippen LogP) is 1.38. The molecular formula is C9H12ClN3O. The lowest BCUT2D eigenvalue weighted by molar-refractivity contribution is 0.271. The van der Waals surface area contributed by atoms with Gasteiger partial charge in [0.2, 0.25) is 0 Å². The number of halogens is 1. The van der Waals surface area contributed by atoms with Gasteiger partial charge in [0.1, 0.15) is 0 Å². The number of piperazine rings is 1. The van der Waals surface area contributed by atoms with Crippen LogP contribution in [0.1, 0.15) is 5.76 Å². The molecule has 1 aliphatic heterocycles. The molecule has 0 amide bonds. The molecule has 0 aliphatic carbocycles. The van der Waals surface area contributed by atoms with Gasteiger partial charge in [-0.25, -0.2) is 4.42 Å². The third kappa shape index (κ3) is 1.91. The fraction of sp³-hybridized carbons (Fsp3) is 0.444. The largest absolute Gasteiger partial charge is 0.461 e. The van der Waals surface area contributed by atoms with Crippen molar-refractivity contribution >= 4 is 17.6 Å². The van der Waals surface area contributed by atoms with Crippen molar-refractivity contribution in [2.24, 2.45) is 0 Å². The van der Waals surface area contributed by atoms with Gasteiger partial charge in [-0.3, -0.25) is 5.41 Å². The van der Waals surface area contributed by atoms with E-state index in [1.807, 2.05) is 4.90 Å². The first-order chi connectivity index (χ1) is 6.77. The van der Waals surface area contributed by atoms with Gasteiger partial charge in [0.05, 0.1) is 6.26 Å². The van der Waals surface area contributed by atoms with Crippen LogP contribution in [0, 0.1) is 5.41 Å². The Balaban J connectivity index is 1.99. The molecule has 1 N–H and O–H groups in total. The summed E-state index contributed by atoms with van der Waals surface area (Å²) in [6, 6.07) is 3.59. The van der Waals surface area contributed by atoms with Crippen molar-refractivity contribution in [2.45, 2.75) is 0 Å². The molecule has 4 nitrogen and oxygen atoms in total. The third-order valence-electron chi connectivity index (χ3n) is 2.30. The Morgan fingerprint density at radius 2 is 2.07 bits per heavy atom. The summed E-state index contributed by atoms with van der Waals surface area (Å²) in [5, 5.41) is 7.88. The zero-order valence-corrected chi connectivity index (χ0v) is 8.50. The normalized spacial score (nSPS) is 18.5. The first-order valence-corrected chi connectivity index (χ1v) is 4.89. The van der Waals surface area contributed by atoms with E-state index >= 15 is 0 Å². The van der Waals surface area contributed by atoms with Crippen LogP contribution in [0.3, 0.4) is 0 Å². The molecule has 0 spiro atoms. The maximum atomic E-state index is 7.88. The van der Waals surface area contributed by atoms with Gasteiger partial charge in [-0.1, -0.05) is 0 Å². The molecule has 2 heterocycles. The lowest BCUT2D eigenvalue weighted by Crippen LogP contribution is -2.45. The average Bonchev–Trinajstić information content (AvgIpc) is 2.71. The van der Waals surface area contributed by atoms with E-state index in [-0.39, 0.29) is 0 Å². The zero-order chi connectivity index (χ0) is 9.97. The molecular weight excluding hydrogens is 202 g/mol. The number of nitrogens with zero attached hydrogens (tertiary/aromatic N) is 2. The van der Waals surface area contributed by atoms with Crippen molar-refractivity contribution in [1.82, 2.24) is 9.32 Å². The SMILES string of the molecule is N=C(c1ccco1)N1CCN(Cl)CC1. The van der Waals surface area contributed by atoms with Gasteiger partial charge in [-0.15, -0.1) is 0 Å². The topological polar surface area (TPSA) is 43.5 Å². The maximum absolute atomic E-state index is 7.88. The lowest BCUT2D eigenvalue weighted by Gasteiger charge is -2.31. The highest BCUT2D eigenvalue weighted by Gasteiger charge is 2.19. The van der Waals surface area contributed by atoms with Crippen molar-refractivity contribution in [1.29, 1.82) is 5.41 Å². The minimum atomic E-state index is 0.444. The van der Waals surface area contributed by atoms with Gasteiger partial charge in [0.15, 0.2) is 11.6 Å². The molecule has 2 rings (SSSR count). The minimum Gasteiger partial charge on any atom is -0.461 e. The summed E-state index contributed by atoms with van der Waals surface area (Å²) in [4.78, 5) is 1.97. The van der Waals surface area contributed by atoms with E-state index in [9.17, 15) is 0 Å². The highest BCUT2D eigenvalue weighted by molar-refractivity contribution is 6.13.